The van der Waals surface area contributed by atoms with Gasteiger partial charge in [-0.1, -0.05) is 6.07 Å². The summed E-state index contributed by atoms with van der Waals surface area (Å²) in [6.07, 6.45) is -4.51. The molecule has 1 amide bonds. The van der Waals surface area contributed by atoms with Crippen LogP contribution >= 0.6 is 0 Å². The van der Waals surface area contributed by atoms with Crippen LogP contribution in [0.5, 0.6) is 5.75 Å². The smallest absolute Gasteiger partial charge is 0.416 e. The molecule has 0 fully saturated rings. The average molecular weight is 464 g/mol. The van der Waals surface area contributed by atoms with Crippen molar-refractivity contribution in [2.75, 3.05) is 17.1 Å². The van der Waals surface area contributed by atoms with Crippen molar-refractivity contribution in [2.45, 2.75) is 18.0 Å². The summed E-state index contributed by atoms with van der Waals surface area (Å²) in [5.41, 5.74) is 0.0697. The third kappa shape index (κ3) is 5.38. The molecule has 0 radical (unpaired) electrons. The molecule has 2 N–H and O–H groups in total. The van der Waals surface area contributed by atoms with E-state index in [9.17, 15) is 26.4 Å². The van der Waals surface area contributed by atoms with E-state index in [2.05, 4.69) is 10.0 Å². The molecule has 10 heteroatoms. The predicted octanol–water partition coefficient (Wildman–Crippen LogP) is 5.08. The zero-order chi connectivity index (χ0) is 23.5. The van der Waals surface area contributed by atoms with Crippen molar-refractivity contribution in [3.05, 3.63) is 83.4 Å². The maximum atomic E-state index is 12.9. The van der Waals surface area contributed by atoms with Crippen molar-refractivity contribution >= 4 is 27.3 Å². The van der Waals surface area contributed by atoms with E-state index in [1.807, 2.05) is 0 Å². The van der Waals surface area contributed by atoms with E-state index < -0.39 is 27.7 Å². The van der Waals surface area contributed by atoms with Crippen LogP contribution < -0.4 is 14.8 Å². The molecular formula is C22H19F3N2O4S. The number of carbonyl (C=O) groups excluding carboxylic acids is 1. The number of nitrogens with one attached hydrogen (secondary N) is 2. The molecule has 0 aliphatic carbocycles. The quantitative estimate of drug-likeness (QED) is 0.533. The predicted molar refractivity (Wildman–Crippen MR) is 114 cm³/mol. The van der Waals surface area contributed by atoms with Gasteiger partial charge < -0.3 is 10.1 Å². The van der Waals surface area contributed by atoms with Crippen LogP contribution in [0.2, 0.25) is 0 Å². The fourth-order valence-electron chi connectivity index (χ4n) is 2.85. The van der Waals surface area contributed by atoms with Gasteiger partial charge in [0, 0.05) is 16.9 Å². The fraction of sp³-hybridized carbons (Fsp3) is 0.136. The lowest BCUT2D eigenvalue weighted by Gasteiger charge is -2.13. The van der Waals surface area contributed by atoms with Crippen LogP contribution in [-0.4, -0.2) is 21.4 Å². The molecule has 0 aliphatic rings. The van der Waals surface area contributed by atoms with E-state index in [4.69, 9.17) is 4.74 Å². The Labute approximate surface area is 183 Å². The number of carbonyl (C=O) groups is 1. The molecule has 0 heterocycles. The lowest BCUT2D eigenvalue weighted by molar-refractivity contribution is -0.137. The van der Waals surface area contributed by atoms with E-state index in [-0.39, 0.29) is 16.1 Å². The van der Waals surface area contributed by atoms with Gasteiger partial charge in [0.05, 0.1) is 17.6 Å². The Morgan fingerprint density at radius 3 is 2.06 bits per heavy atom. The Morgan fingerprint density at radius 2 is 1.50 bits per heavy atom. The van der Waals surface area contributed by atoms with Gasteiger partial charge >= 0.3 is 6.18 Å². The molecule has 0 atom stereocenters. The standard InChI is InChI=1S/C22H19F3N2O4S/c1-14-3-8-18(26-21(28)15-4-6-16(7-5-15)22(23,24)25)13-20(14)32(29,30)27-17-9-11-19(31-2)12-10-17/h3-13,27H,1-2H3,(H,26,28). The first kappa shape index (κ1) is 23.1. The normalized spacial score (nSPS) is 11.7. The Balaban J connectivity index is 1.80. The number of aryl methyl sites for hydroxylation is 1. The van der Waals surface area contributed by atoms with Crippen LogP contribution in [0.1, 0.15) is 21.5 Å². The molecule has 3 aromatic carbocycles. The second kappa shape index (κ2) is 8.91. The second-order valence-corrected chi connectivity index (χ2v) is 8.49. The van der Waals surface area contributed by atoms with Gasteiger partial charge in [-0.2, -0.15) is 13.2 Å². The molecule has 6 nitrogen and oxygen atoms in total. The zero-order valence-electron chi connectivity index (χ0n) is 17.0. The lowest BCUT2D eigenvalue weighted by atomic mass is 10.1. The molecule has 0 aromatic heterocycles. The highest BCUT2D eigenvalue weighted by atomic mass is 32.2. The maximum absolute atomic E-state index is 12.9. The number of ether oxygens (including phenoxy) is 1. The first-order valence-electron chi connectivity index (χ1n) is 9.26. The maximum Gasteiger partial charge on any atom is 0.416 e. The molecule has 168 valence electrons. The lowest BCUT2D eigenvalue weighted by Crippen LogP contribution is -2.16. The van der Waals surface area contributed by atoms with Gasteiger partial charge in [0.2, 0.25) is 0 Å². The van der Waals surface area contributed by atoms with Crippen molar-refractivity contribution in [3.8, 4) is 5.75 Å². The van der Waals surface area contributed by atoms with Crippen LogP contribution in [0.3, 0.4) is 0 Å². The van der Waals surface area contributed by atoms with Crippen molar-refractivity contribution in [2.24, 2.45) is 0 Å². The van der Waals surface area contributed by atoms with Crippen molar-refractivity contribution < 1.29 is 31.1 Å². The molecule has 0 unspecified atom stereocenters. The van der Waals surface area contributed by atoms with Gasteiger partial charge in [0.25, 0.3) is 15.9 Å². The van der Waals surface area contributed by atoms with Crippen LogP contribution in [0, 0.1) is 6.92 Å². The zero-order valence-corrected chi connectivity index (χ0v) is 17.8. The number of alkyl halides is 3. The minimum Gasteiger partial charge on any atom is -0.497 e. The Kier molecular flexibility index (Phi) is 6.45. The number of methoxy groups -OCH3 is 1. The first-order valence-corrected chi connectivity index (χ1v) is 10.7. The topological polar surface area (TPSA) is 84.5 Å². The Morgan fingerprint density at radius 1 is 0.906 bits per heavy atom. The van der Waals surface area contributed by atoms with E-state index >= 15 is 0 Å². The molecule has 0 aliphatic heterocycles. The number of hydrogen-bond acceptors (Lipinski definition) is 4. The number of hydrogen-bond donors (Lipinski definition) is 2. The number of halogens is 3. The average Bonchev–Trinajstić information content (AvgIpc) is 2.74. The van der Waals surface area contributed by atoms with E-state index in [0.29, 0.717) is 17.0 Å². The molecule has 3 aromatic rings. The van der Waals surface area contributed by atoms with Crippen LogP contribution in [0.15, 0.2) is 71.6 Å². The van der Waals surface area contributed by atoms with Gasteiger partial charge in [0.1, 0.15) is 5.75 Å². The Bertz CT molecular complexity index is 1220. The highest BCUT2D eigenvalue weighted by Crippen LogP contribution is 2.29. The highest BCUT2D eigenvalue weighted by molar-refractivity contribution is 7.92. The molecule has 0 saturated carbocycles. The molecule has 3 rings (SSSR count). The van der Waals surface area contributed by atoms with Crippen LogP contribution in [-0.2, 0) is 16.2 Å². The summed E-state index contributed by atoms with van der Waals surface area (Å²) in [6.45, 7) is 1.60. The summed E-state index contributed by atoms with van der Waals surface area (Å²) >= 11 is 0. The molecular weight excluding hydrogens is 445 g/mol. The number of benzene rings is 3. The third-order valence-electron chi connectivity index (χ3n) is 4.55. The summed E-state index contributed by atoms with van der Waals surface area (Å²) in [5, 5.41) is 2.51. The fourth-order valence-corrected chi connectivity index (χ4v) is 4.18. The summed E-state index contributed by atoms with van der Waals surface area (Å²) in [7, 11) is -2.48. The number of amides is 1. The minimum atomic E-state index is -4.51. The van der Waals surface area contributed by atoms with Gasteiger partial charge in [-0.15, -0.1) is 0 Å². The minimum absolute atomic E-state index is 0.000611. The van der Waals surface area contributed by atoms with Gasteiger partial charge in [-0.25, -0.2) is 8.42 Å². The summed E-state index contributed by atoms with van der Waals surface area (Å²) < 4.78 is 71.3. The molecule has 0 bridgehead atoms. The van der Waals surface area contributed by atoms with E-state index in [1.165, 1.54) is 25.3 Å². The van der Waals surface area contributed by atoms with Crippen LogP contribution in [0.4, 0.5) is 24.5 Å². The third-order valence-corrected chi connectivity index (χ3v) is 6.08. The number of anilines is 2. The van der Waals surface area contributed by atoms with E-state index in [0.717, 1.165) is 24.3 Å². The number of rotatable bonds is 6. The van der Waals surface area contributed by atoms with Gasteiger partial charge in [-0.05, 0) is 73.2 Å². The number of sulfonamides is 1. The van der Waals surface area contributed by atoms with E-state index in [1.54, 1.807) is 31.2 Å². The second-order valence-electron chi connectivity index (χ2n) is 6.84. The summed E-state index contributed by atoms with van der Waals surface area (Å²) in [5.74, 6) is -0.105. The highest BCUT2D eigenvalue weighted by Gasteiger charge is 2.30. The summed E-state index contributed by atoms with van der Waals surface area (Å²) in [6, 6.07) is 14.3. The van der Waals surface area contributed by atoms with Gasteiger partial charge in [0.15, 0.2) is 0 Å². The monoisotopic (exact) mass is 464 g/mol. The van der Waals surface area contributed by atoms with Crippen molar-refractivity contribution in [3.63, 3.8) is 0 Å². The molecule has 0 saturated heterocycles. The van der Waals surface area contributed by atoms with Crippen molar-refractivity contribution in [1.29, 1.82) is 0 Å². The largest absolute Gasteiger partial charge is 0.497 e. The van der Waals surface area contributed by atoms with Gasteiger partial charge in [-0.3, -0.25) is 9.52 Å². The first-order chi connectivity index (χ1) is 15.0. The SMILES string of the molecule is COc1ccc(NS(=O)(=O)c2cc(NC(=O)c3ccc(C(F)(F)F)cc3)ccc2C)cc1. The molecule has 0 spiro atoms. The Hall–Kier alpha value is -3.53. The molecule has 32 heavy (non-hydrogen) atoms. The van der Waals surface area contributed by atoms with Crippen LogP contribution in [0.25, 0.3) is 0 Å². The van der Waals surface area contributed by atoms with Crippen molar-refractivity contribution in [1.82, 2.24) is 0 Å². The summed E-state index contributed by atoms with van der Waals surface area (Å²) in [4.78, 5) is 12.3.